The van der Waals surface area contributed by atoms with Crippen LogP contribution in [-0.4, -0.2) is 32.8 Å². The fourth-order valence-corrected chi connectivity index (χ4v) is 2.25. The van der Waals surface area contributed by atoms with E-state index >= 15 is 0 Å². The molecule has 0 bridgehead atoms. The normalized spacial score (nSPS) is 13.1. The second-order valence-electron chi connectivity index (χ2n) is 2.97. The number of sulfonamides is 1. The van der Waals surface area contributed by atoms with Gasteiger partial charge in [-0.3, -0.25) is 0 Å². The molecule has 8 heteroatoms. The molecular weight excluding hydrogens is 255 g/mol. The predicted octanol–water partition coefficient (Wildman–Crippen LogP) is 1.88. The quantitative estimate of drug-likeness (QED) is 0.565. The summed E-state index contributed by atoms with van der Waals surface area (Å²) < 4.78 is 59.3. The Morgan fingerprint density at radius 3 is 2.27 bits per heavy atom. The summed E-state index contributed by atoms with van der Waals surface area (Å²) in [4.78, 5) is 0. The van der Waals surface area contributed by atoms with Gasteiger partial charge in [0.1, 0.15) is 0 Å². The highest BCUT2D eigenvalue weighted by molar-refractivity contribution is 7.89. The van der Waals surface area contributed by atoms with Crippen molar-refractivity contribution in [3.05, 3.63) is 0 Å². The Kier molecular flexibility index (Phi) is 6.54. The van der Waals surface area contributed by atoms with Crippen LogP contribution in [0.25, 0.3) is 0 Å². The summed E-state index contributed by atoms with van der Waals surface area (Å²) in [5.41, 5.74) is 0. The first-order chi connectivity index (χ1) is 6.77. The van der Waals surface area contributed by atoms with Gasteiger partial charge in [0.15, 0.2) is 0 Å². The molecule has 0 saturated carbocycles. The van der Waals surface area contributed by atoms with E-state index in [-0.39, 0.29) is 31.0 Å². The molecule has 0 aliphatic carbocycles. The smallest absolute Gasteiger partial charge is 0.215 e. The number of hydrogen-bond donors (Lipinski definition) is 1. The lowest BCUT2D eigenvalue weighted by Crippen LogP contribution is -2.28. The third kappa shape index (κ3) is 10.3. The summed E-state index contributed by atoms with van der Waals surface area (Å²) in [6.07, 6.45) is -5.17. The van der Waals surface area contributed by atoms with E-state index in [2.05, 4.69) is 4.72 Å². The zero-order valence-corrected chi connectivity index (χ0v) is 9.55. The standard InChI is InChI=1S/C7H13ClF3NO2S/c8-4-2-6-15(13,14)12-5-1-3-7(9,10)11/h12H,1-6H2. The largest absolute Gasteiger partial charge is 0.389 e. The van der Waals surface area contributed by atoms with Gasteiger partial charge in [0, 0.05) is 18.8 Å². The van der Waals surface area contributed by atoms with Crippen molar-refractivity contribution in [2.75, 3.05) is 18.2 Å². The first-order valence-corrected chi connectivity index (χ1v) is 6.55. The molecular formula is C7H13ClF3NO2S. The number of rotatable bonds is 7. The van der Waals surface area contributed by atoms with Gasteiger partial charge >= 0.3 is 6.18 Å². The fourth-order valence-electron chi connectivity index (χ4n) is 0.833. The average Bonchev–Trinajstić information content (AvgIpc) is 2.08. The molecule has 0 unspecified atom stereocenters. The monoisotopic (exact) mass is 267 g/mol. The Morgan fingerprint density at radius 2 is 1.80 bits per heavy atom. The fraction of sp³-hybridized carbons (Fsp3) is 1.00. The summed E-state index contributed by atoms with van der Waals surface area (Å²) in [7, 11) is -3.46. The van der Waals surface area contributed by atoms with Gasteiger partial charge in [-0.05, 0) is 12.8 Å². The van der Waals surface area contributed by atoms with Crippen molar-refractivity contribution >= 4 is 21.6 Å². The van der Waals surface area contributed by atoms with E-state index < -0.39 is 22.6 Å². The van der Waals surface area contributed by atoms with Gasteiger partial charge in [-0.2, -0.15) is 13.2 Å². The van der Waals surface area contributed by atoms with Crippen LogP contribution in [0.4, 0.5) is 13.2 Å². The zero-order chi connectivity index (χ0) is 11.9. The van der Waals surface area contributed by atoms with Crippen molar-refractivity contribution in [3.8, 4) is 0 Å². The molecule has 0 aromatic heterocycles. The molecule has 0 spiro atoms. The first-order valence-electron chi connectivity index (χ1n) is 4.37. The van der Waals surface area contributed by atoms with Gasteiger partial charge in [-0.1, -0.05) is 0 Å². The molecule has 1 N–H and O–H groups in total. The molecule has 0 aliphatic rings. The highest BCUT2D eigenvalue weighted by Gasteiger charge is 2.26. The predicted molar refractivity (Wildman–Crippen MR) is 52.4 cm³/mol. The Hall–Kier alpha value is -0.0100. The van der Waals surface area contributed by atoms with Gasteiger partial charge in [-0.15, -0.1) is 11.6 Å². The second kappa shape index (κ2) is 6.55. The van der Waals surface area contributed by atoms with Gasteiger partial charge in [0.2, 0.25) is 10.0 Å². The molecule has 0 saturated heterocycles. The summed E-state index contributed by atoms with van der Waals surface area (Å²) >= 11 is 5.29. The van der Waals surface area contributed by atoms with E-state index in [9.17, 15) is 21.6 Å². The van der Waals surface area contributed by atoms with Crippen molar-refractivity contribution in [1.82, 2.24) is 4.72 Å². The maximum atomic E-state index is 11.7. The molecule has 0 heterocycles. The number of alkyl halides is 4. The van der Waals surface area contributed by atoms with Crippen molar-refractivity contribution < 1.29 is 21.6 Å². The van der Waals surface area contributed by atoms with E-state index in [4.69, 9.17) is 11.6 Å². The van der Waals surface area contributed by atoms with Crippen molar-refractivity contribution in [2.45, 2.75) is 25.4 Å². The third-order valence-corrected chi connectivity index (χ3v) is 3.24. The van der Waals surface area contributed by atoms with Gasteiger partial charge < -0.3 is 0 Å². The average molecular weight is 268 g/mol. The van der Waals surface area contributed by atoms with Crippen molar-refractivity contribution in [1.29, 1.82) is 0 Å². The first kappa shape index (κ1) is 15.0. The third-order valence-electron chi connectivity index (χ3n) is 1.51. The van der Waals surface area contributed by atoms with Gasteiger partial charge in [-0.25, -0.2) is 13.1 Å². The SMILES string of the molecule is O=S(=O)(CCCCl)NCCCC(F)(F)F. The zero-order valence-electron chi connectivity index (χ0n) is 7.98. The number of hydrogen-bond acceptors (Lipinski definition) is 2. The lowest BCUT2D eigenvalue weighted by Gasteiger charge is -2.07. The molecule has 0 radical (unpaired) electrons. The minimum atomic E-state index is -4.23. The molecule has 0 amide bonds. The van der Waals surface area contributed by atoms with E-state index in [1.807, 2.05) is 0 Å². The van der Waals surface area contributed by atoms with Crippen LogP contribution in [-0.2, 0) is 10.0 Å². The number of halogens is 4. The van der Waals surface area contributed by atoms with E-state index in [0.29, 0.717) is 0 Å². The molecule has 92 valence electrons. The molecule has 0 aromatic rings. The second-order valence-corrected chi connectivity index (χ2v) is 5.28. The molecule has 0 aliphatic heterocycles. The van der Waals surface area contributed by atoms with E-state index in [1.54, 1.807) is 0 Å². The summed E-state index contributed by atoms with van der Waals surface area (Å²) in [6.45, 7) is -0.190. The highest BCUT2D eigenvalue weighted by Crippen LogP contribution is 2.20. The van der Waals surface area contributed by atoms with Gasteiger partial charge in [0.05, 0.1) is 5.75 Å². The van der Waals surface area contributed by atoms with Crippen molar-refractivity contribution in [3.63, 3.8) is 0 Å². The van der Waals surface area contributed by atoms with Crippen LogP contribution in [0.5, 0.6) is 0 Å². The number of nitrogens with one attached hydrogen (secondary N) is 1. The van der Waals surface area contributed by atoms with Crippen LogP contribution in [0, 0.1) is 0 Å². The molecule has 0 rings (SSSR count). The minimum absolute atomic E-state index is 0.150. The molecule has 15 heavy (non-hydrogen) atoms. The van der Waals surface area contributed by atoms with E-state index in [1.165, 1.54) is 0 Å². The van der Waals surface area contributed by atoms with E-state index in [0.717, 1.165) is 0 Å². The Morgan fingerprint density at radius 1 is 1.20 bits per heavy atom. The Balaban J connectivity index is 3.67. The van der Waals surface area contributed by atoms with Crippen LogP contribution < -0.4 is 4.72 Å². The summed E-state index contributed by atoms with van der Waals surface area (Å²) in [6, 6.07) is 0. The molecule has 3 nitrogen and oxygen atoms in total. The highest BCUT2D eigenvalue weighted by atomic mass is 35.5. The maximum Gasteiger partial charge on any atom is 0.389 e. The van der Waals surface area contributed by atoms with Gasteiger partial charge in [0.25, 0.3) is 0 Å². The van der Waals surface area contributed by atoms with Crippen LogP contribution in [0.15, 0.2) is 0 Å². The topological polar surface area (TPSA) is 46.2 Å². The summed E-state index contributed by atoms with van der Waals surface area (Å²) in [5, 5.41) is 0. The maximum absolute atomic E-state index is 11.7. The van der Waals surface area contributed by atoms with Crippen LogP contribution >= 0.6 is 11.6 Å². The summed E-state index contributed by atoms with van der Waals surface area (Å²) in [5.74, 6) is 0.0615. The minimum Gasteiger partial charge on any atom is -0.215 e. The van der Waals surface area contributed by atoms with Crippen LogP contribution in [0.2, 0.25) is 0 Å². The lowest BCUT2D eigenvalue weighted by molar-refractivity contribution is -0.135. The molecule has 0 fully saturated rings. The van der Waals surface area contributed by atoms with Crippen molar-refractivity contribution in [2.24, 2.45) is 0 Å². The lowest BCUT2D eigenvalue weighted by atomic mass is 10.3. The Bertz CT molecular complexity index is 266. The van der Waals surface area contributed by atoms with Crippen LogP contribution in [0.1, 0.15) is 19.3 Å². The Labute approximate surface area is 92.0 Å². The molecule has 0 aromatic carbocycles. The molecule has 0 atom stereocenters. The van der Waals surface area contributed by atoms with Crippen LogP contribution in [0.3, 0.4) is 0 Å².